The van der Waals surface area contributed by atoms with Crippen molar-refractivity contribution in [2.24, 2.45) is 0 Å². The molecular formula is C26H24BrClN2O3S. The van der Waals surface area contributed by atoms with E-state index in [1.165, 1.54) is 11.8 Å². The molecule has 34 heavy (non-hydrogen) atoms. The average molecular weight is 560 g/mol. The number of rotatable bonds is 8. The zero-order valence-electron chi connectivity index (χ0n) is 18.7. The highest BCUT2D eigenvalue weighted by atomic mass is 79.9. The third kappa shape index (κ3) is 6.29. The summed E-state index contributed by atoms with van der Waals surface area (Å²) in [5.74, 6) is 1.18. The van der Waals surface area contributed by atoms with Gasteiger partial charge in [-0.1, -0.05) is 57.5 Å². The Morgan fingerprint density at radius 3 is 2.62 bits per heavy atom. The number of halogens is 2. The number of hydrogen-bond acceptors (Lipinski definition) is 5. The van der Waals surface area contributed by atoms with Crippen LogP contribution in [0.1, 0.15) is 23.6 Å². The molecule has 0 radical (unpaired) electrons. The minimum absolute atomic E-state index is 0.123. The Balaban J connectivity index is 1.46. The van der Waals surface area contributed by atoms with Crippen molar-refractivity contribution in [1.29, 1.82) is 0 Å². The van der Waals surface area contributed by atoms with E-state index in [2.05, 4.69) is 26.6 Å². The predicted octanol–water partition coefficient (Wildman–Crippen LogP) is 6.99. The van der Waals surface area contributed by atoms with Crippen molar-refractivity contribution in [3.8, 4) is 11.5 Å². The lowest BCUT2D eigenvalue weighted by molar-refractivity contribution is -0.116. The Morgan fingerprint density at radius 2 is 1.88 bits per heavy atom. The van der Waals surface area contributed by atoms with E-state index in [0.717, 1.165) is 26.9 Å². The van der Waals surface area contributed by atoms with Crippen LogP contribution in [0.5, 0.6) is 11.5 Å². The highest BCUT2D eigenvalue weighted by molar-refractivity contribution is 9.10. The molecule has 0 saturated carbocycles. The molecule has 1 atom stereocenters. The van der Waals surface area contributed by atoms with Crippen LogP contribution in [-0.2, 0) is 11.4 Å². The summed E-state index contributed by atoms with van der Waals surface area (Å²) in [6, 6.07) is 19.3. The fourth-order valence-corrected chi connectivity index (χ4v) is 4.86. The molecule has 1 amide bonds. The summed E-state index contributed by atoms with van der Waals surface area (Å²) in [7, 11) is 0. The number of hydrogen-bond donors (Lipinski definition) is 2. The maximum absolute atomic E-state index is 12.6. The largest absolute Gasteiger partial charge is 0.490 e. The lowest BCUT2D eigenvalue weighted by atomic mass is 10.2. The molecule has 0 aromatic heterocycles. The van der Waals surface area contributed by atoms with Gasteiger partial charge in [0, 0.05) is 15.2 Å². The second-order valence-corrected chi connectivity index (χ2v) is 10.1. The van der Waals surface area contributed by atoms with Gasteiger partial charge in [0.05, 0.1) is 11.5 Å². The molecule has 1 heterocycles. The number of thioether (sulfide) groups is 1. The van der Waals surface area contributed by atoms with E-state index >= 15 is 0 Å². The van der Waals surface area contributed by atoms with Gasteiger partial charge in [0.15, 0.2) is 17.0 Å². The Kier molecular flexibility index (Phi) is 8.08. The Labute approximate surface area is 217 Å². The molecule has 0 bridgehead atoms. The van der Waals surface area contributed by atoms with Crippen LogP contribution in [-0.4, -0.2) is 18.0 Å². The standard InChI is InChI=1S/C26H24BrClN2O3S/c1-3-32-23-13-18(6-11-22(23)33-15-17-4-7-19(27)8-5-17)14-24-25(31)30-26(34-24)29-21-10-9-20(28)12-16(21)2/h4-14,26,29H,3,15H2,1-2H3,(H,30,31)/b24-14-. The van der Waals surface area contributed by atoms with Gasteiger partial charge in [0.1, 0.15) is 6.61 Å². The summed E-state index contributed by atoms with van der Waals surface area (Å²) in [5.41, 5.74) is 3.60. The molecule has 8 heteroatoms. The lowest BCUT2D eigenvalue weighted by Gasteiger charge is -2.15. The van der Waals surface area contributed by atoms with Gasteiger partial charge < -0.3 is 20.1 Å². The van der Waals surface area contributed by atoms with Crippen LogP contribution in [0.25, 0.3) is 6.08 Å². The second kappa shape index (κ2) is 11.2. The maximum atomic E-state index is 12.6. The SMILES string of the molecule is CCOc1cc(/C=C2\SC(Nc3ccc(Cl)cc3C)NC2=O)ccc1OCc1ccc(Br)cc1. The van der Waals surface area contributed by atoms with E-state index in [0.29, 0.717) is 34.6 Å². The molecule has 5 nitrogen and oxygen atoms in total. The van der Waals surface area contributed by atoms with Crippen LogP contribution >= 0.6 is 39.3 Å². The smallest absolute Gasteiger partial charge is 0.260 e. The van der Waals surface area contributed by atoms with Crippen molar-refractivity contribution in [2.45, 2.75) is 26.0 Å². The molecule has 4 rings (SSSR count). The van der Waals surface area contributed by atoms with Gasteiger partial charge in [-0.3, -0.25) is 4.79 Å². The Morgan fingerprint density at radius 1 is 1.09 bits per heavy atom. The second-order valence-electron chi connectivity index (χ2n) is 7.64. The highest BCUT2D eigenvalue weighted by Gasteiger charge is 2.27. The molecule has 3 aromatic carbocycles. The van der Waals surface area contributed by atoms with Gasteiger partial charge in [-0.05, 0) is 79.1 Å². The van der Waals surface area contributed by atoms with Crippen LogP contribution in [0.15, 0.2) is 70.0 Å². The third-order valence-corrected chi connectivity index (χ3v) is 6.87. The van der Waals surface area contributed by atoms with Crippen molar-refractivity contribution in [1.82, 2.24) is 5.32 Å². The monoisotopic (exact) mass is 558 g/mol. The molecule has 1 aliphatic rings. The van der Waals surface area contributed by atoms with E-state index < -0.39 is 0 Å². The zero-order chi connectivity index (χ0) is 24.1. The van der Waals surface area contributed by atoms with Crippen molar-refractivity contribution in [2.75, 3.05) is 11.9 Å². The topological polar surface area (TPSA) is 59.6 Å². The van der Waals surface area contributed by atoms with Crippen molar-refractivity contribution >= 4 is 57.0 Å². The van der Waals surface area contributed by atoms with Crippen LogP contribution in [0.4, 0.5) is 5.69 Å². The fraction of sp³-hybridized carbons (Fsp3) is 0.192. The van der Waals surface area contributed by atoms with Crippen LogP contribution in [0.2, 0.25) is 5.02 Å². The van der Waals surface area contributed by atoms with Crippen LogP contribution < -0.4 is 20.1 Å². The van der Waals surface area contributed by atoms with Crippen molar-refractivity contribution in [3.05, 3.63) is 91.8 Å². The first-order valence-corrected chi connectivity index (χ1v) is 12.8. The first-order chi connectivity index (χ1) is 16.4. The van der Waals surface area contributed by atoms with Crippen molar-refractivity contribution in [3.63, 3.8) is 0 Å². The molecule has 0 spiro atoms. The number of amides is 1. The Bertz CT molecular complexity index is 1220. The number of carbonyl (C=O) groups excluding carboxylic acids is 1. The predicted molar refractivity (Wildman–Crippen MR) is 143 cm³/mol. The normalized spacial score (nSPS) is 16.4. The van der Waals surface area contributed by atoms with E-state index in [1.807, 2.05) is 80.6 Å². The van der Waals surface area contributed by atoms with Crippen LogP contribution in [0.3, 0.4) is 0 Å². The number of aryl methyl sites for hydroxylation is 1. The van der Waals surface area contributed by atoms with E-state index in [9.17, 15) is 4.79 Å². The maximum Gasteiger partial charge on any atom is 0.260 e. The minimum Gasteiger partial charge on any atom is -0.490 e. The van der Waals surface area contributed by atoms with Crippen molar-refractivity contribution < 1.29 is 14.3 Å². The summed E-state index contributed by atoms with van der Waals surface area (Å²) in [4.78, 5) is 13.2. The van der Waals surface area contributed by atoms with E-state index in [4.69, 9.17) is 21.1 Å². The number of carbonyl (C=O) groups is 1. The number of nitrogens with one attached hydrogen (secondary N) is 2. The van der Waals surface area contributed by atoms with Crippen LogP contribution in [0, 0.1) is 6.92 Å². The molecule has 1 saturated heterocycles. The summed E-state index contributed by atoms with van der Waals surface area (Å²) in [6.45, 7) is 4.85. The molecule has 0 aliphatic carbocycles. The summed E-state index contributed by atoms with van der Waals surface area (Å²) in [5, 5.41) is 6.99. The van der Waals surface area contributed by atoms with E-state index in [1.54, 1.807) is 0 Å². The van der Waals surface area contributed by atoms with Gasteiger partial charge in [-0.15, -0.1) is 0 Å². The molecule has 1 fully saturated rings. The molecule has 176 valence electrons. The average Bonchev–Trinajstić information content (AvgIpc) is 3.15. The Hall–Kier alpha value is -2.61. The van der Waals surface area contributed by atoms with E-state index in [-0.39, 0.29) is 11.4 Å². The quantitative estimate of drug-likeness (QED) is 0.291. The summed E-state index contributed by atoms with van der Waals surface area (Å²) in [6.07, 6.45) is 1.86. The highest BCUT2D eigenvalue weighted by Crippen LogP contribution is 2.34. The molecule has 2 N–H and O–H groups in total. The summed E-state index contributed by atoms with van der Waals surface area (Å²) >= 11 is 10.9. The van der Waals surface area contributed by atoms with Gasteiger partial charge in [-0.25, -0.2) is 0 Å². The molecular weight excluding hydrogens is 536 g/mol. The first-order valence-electron chi connectivity index (χ1n) is 10.8. The minimum atomic E-state index is -0.265. The number of benzene rings is 3. The summed E-state index contributed by atoms with van der Waals surface area (Å²) < 4.78 is 12.8. The molecule has 1 unspecified atom stereocenters. The third-order valence-electron chi connectivity index (χ3n) is 5.08. The fourth-order valence-electron chi connectivity index (χ4n) is 3.39. The number of anilines is 1. The number of ether oxygens (including phenoxy) is 2. The molecule has 1 aliphatic heterocycles. The molecule has 3 aromatic rings. The zero-order valence-corrected chi connectivity index (χ0v) is 21.9. The van der Waals surface area contributed by atoms with Gasteiger partial charge >= 0.3 is 0 Å². The first kappa shape index (κ1) is 24.5. The van der Waals surface area contributed by atoms with Gasteiger partial charge in [-0.2, -0.15) is 0 Å². The van der Waals surface area contributed by atoms with Gasteiger partial charge in [0.2, 0.25) is 0 Å². The van der Waals surface area contributed by atoms with Gasteiger partial charge in [0.25, 0.3) is 5.91 Å². The lowest BCUT2D eigenvalue weighted by Crippen LogP contribution is -2.31.